The fraction of sp³-hybridized carbons (Fsp3) is 0.240. The Balaban J connectivity index is 1.35. The molecule has 2 aromatic carbocycles. The second-order valence-corrected chi connectivity index (χ2v) is 8.90. The van der Waals surface area contributed by atoms with E-state index in [1.54, 1.807) is 24.3 Å². The number of nitrogens with one attached hydrogen (secondary N) is 1. The molecule has 1 aliphatic rings. The summed E-state index contributed by atoms with van der Waals surface area (Å²) in [5.74, 6) is -0.124. The molecule has 1 amide bonds. The highest BCUT2D eigenvalue weighted by Crippen LogP contribution is 2.29. The molecule has 0 fully saturated rings. The third kappa shape index (κ3) is 4.86. The van der Waals surface area contributed by atoms with Crippen LogP contribution in [0.4, 0.5) is 19.1 Å². The van der Waals surface area contributed by atoms with Gasteiger partial charge < -0.3 is 19.5 Å². The molecule has 0 saturated heterocycles. The first kappa shape index (κ1) is 24.7. The number of amides is 1. The van der Waals surface area contributed by atoms with E-state index in [0.29, 0.717) is 45.8 Å². The van der Waals surface area contributed by atoms with E-state index in [1.165, 1.54) is 24.1 Å². The van der Waals surface area contributed by atoms with Crippen molar-refractivity contribution in [1.82, 2.24) is 14.6 Å². The second-order valence-electron chi connectivity index (χ2n) is 8.46. The van der Waals surface area contributed by atoms with Gasteiger partial charge in [-0.3, -0.25) is 9.59 Å². The molecular formula is C25H20ClF3N4O4. The van der Waals surface area contributed by atoms with Gasteiger partial charge in [-0.2, -0.15) is 13.2 Å². The van der Waals surface area contributed by atoms with Crippen molar-refractivity contribution in [2.45, 2.75) is 25.7 Å². The molecule has 0 aliphatic carbocycles. The number of anilines is 1. The van der Waals surface area contributed by atoms with Crippen molar-refractivity contribution in [3.8, 4) is 0 Å². The molecule has 2 aromatic heterocycles. The predicted molar refractivity (Wildman–Crippen MR) is 129 cm³/mol. The minimum absolute atomic E-state index is 0.0142. The van der Waals surface area contributed by atoms with Gasteiger partial charge in [-0.05, 0) is 42.0 Å². The first-order valence-electron chi connectivity index (χ1n) is 11.2. The molecule has 1 aliphatic heterocycles. The van der Waals surface area contributed by atoms with Crippen molar-refractivity contribution in [2.24, 2.45) is 0 Å². The number of aromatic nitrogens is 2. The maximum absolute atomic E-state index is 13.2. The molecule has 0 spiro atoms. The van der Waals surface area contributed by atoms with Crippen LogP contribution in [-0.2, 0) is 25.7 Å². The Bertz CT molecular complexity index is 1550. The first-order chi connectivity index (χ1) is 17.6. The third-order valence-electron chi connectivity index (χ3n) is 6.08. The molecule has 0 unspecified atom stereocenters. The SMILES string of the molecule is COn1c(NCc2ccc(C(F)(F)F)cc2)nc2c(c1=O)CN(C(=O)c1cc3cc(Cl)ccc3o1)CC2. The van der Waals surface area contributed by atoms with Crippen LogP contribution < -0.4 is 15.7 Å². The van der Waals surface area contributed by atoms with Gasteiger partial charge in [0.05, 0.1) is 23.4 Å². The summed E-state index contributed by atoms with van der Waals surface area (Å²) in [6, 6.07) is 11.3. The number of fused-ring (bicyclic) bond motifs is 2. The van der Waals surface area contributed by atoms with E-state index in [1.807, 2.05) is 0 Å². The highest BCUT2D eigenvalue weighted by atomic mass is 35.5. The summed E-state index contributed by atoms with van der Waals surface area (Å²) in [6.07, 6.45) is -4.10. The van der Waals surface area contributed by atoms with Crippen molar-refractivity contribution in [3.05, 3.63) is 92.1 Å². The lowest BCUT2D eigenvalue weighted by Gasteiger charge is -2.28. The van der Waals surface area contributed by atoms with E-state index in [9.17, 15) is 22.8 Å². The minimum atomic E-state index is -4.42. The highest BCUT2D eigenvalue weighted by molar-refractivity contribution is 6.31. The molecule has 37 heavy (non-hydrogen) atoms. The van der Waals surface area contributed by atoms with Gasteiger partial charge in [-0.1, -0.05) is 23.7 Å². The summed E-state index contributed by atoms with van der Waals surface area (Å²) in [6.45, 7) is 0.444. The molecule has 0 atom stereocenters. The Morgan fingerprint density at radius 2 is 1.95 bits per heavy atom. The normalized spacial score (nSPS) is 13.5. The molecule has 3 heterocycles. The largest absolute Gasteiger partial charge is 0.451 e. The Morgan fingerprint density at radius 3 is 2.65 bits per heavy atom. The molecule has 0 bridgehead atoms. The lowest BCUT2D eigenvalue weighted by atomic mass is 10.1. The molecular weight excluding hydrogens is 513 g/mol. The van der Waals surface area contributed by atoms with Gasteiger partial charge in [0.15, 0.2) is 5.76 Å². The average molecular weight is 533 g/mol. The zero-order valence-corrected chi connectivity index (χ0v) is 20.2. The fourth-order valence-electron chi connectivity index (χ4n) is 4.18. The van der Waals surface area contributed by atoms with Crippen molar-refractivity contribution in [1.29, 1.82) is 0 Å². The summed E-state index contributed by atoms with van der Waals surface area (Å²) in [5.41, 5.74) is 0.664. The number of benzene rings is 2. The first-order valence-corrected chi connectivity index (χ1v) is 11.6. The van der Waals surface area contributed by atoms with Crippen LogP contribution in [0.3, 0.4) is 0 Å². The van der Waals surface area contributed by atoms with Crippen LogP contribution in [0.2, 0.25) is 5.02 Å². The number of carbonyl (C=O) groups is 1. The highest BCUT2D eigenvalue weighted by Gasteiger charge is 2.30. The van der Waals surface area contributed by atoms with Gasteiger partial charge in [0.1, 0.15) is 12.7 Å². The summed E-state index contributed by atoms with van der Waals surface area (Å²) in [5, 5.41) is 4.16. The third-order valence-corrected chi connectivity index (χ3v) is 6.32. The van der Waals surface area contributed by atoms with E-state index < -0.39 is 17.3 Å². The molecule has 12 heteroatoms. The van der Waals surface area contributed by atoms with Crippen LogP contribution in [0.1, 0.15) is 32.9 Å². The van der Waals surface area contributed by atoms with E-state index in [0.717, 1.165) is 16.9 Å². The molecule has 1 N–H and O–H groups in total. The smallest absolute Gasteiger partial charge is 0.416 e. The molecule has 0 radical (unpaired) electrons. The van der Waals surface area contributed by atoms with E-state index >= 15 is 0 Å². The lowest BCUT2D eigenvalue weighted by Crippen LogP contribution is -2.42. The Labute approximate surface area is 213 Å². The van der Waals surface area contributed by atoms with Crippen LogP contribution in [0, 0.1) is 0 Å². The van der Waals surface area contributed by atoms with Crippen LogP contribution >= 0.6 is 11.6 Å². The van der Waals surface area contributed by atoms with Crippen LogP contribution in [0.5, 0.6) is 0 Å². The number of carbonyl (C=O) groups excluding carboxylic acids is 1. The number of nitrogens with zero attached hydrogens (tertiary/aromatic N) is 3. The summed E-state index contributed by atoms with van der Waals surface area (Å²) in [4.78, 5) is 37.5. The molecule has 0 saturated carbocycles. The standard InChI is InChI=1S/C25H20ClF3N4O4/c1-36-33-22(34)18-13-32(23(35)21-11-15-10-17(26)6-7-20(15)37-21)9-8-19(18)31-24(33)30-12-14-2-4-16(5-3-14)25(27,28)29/h2-7,10-11H,8-9,12-13H2,1H3,(H,30,31). The quantitative estimate of drug-likeness (QED) is 0.406. The molecule has 4 aromatic rings. The van der Waals surface area contributed by atoms with E-state index in [2.05, 4.69) is 10.3 Å². The molecule has 8 nitrogen and oxygen atoms in total. The van der Waals surface area contributed by atoms with Crippen molar-refractivity contribution < 1.29 is 27.2 Å². The maximum atomic E-state index is 13.2. The van der Waals surface area contributed by atoms with Gasteiger partial charge in [-0.15, -0.1) is 4.73 Å². The summed E-state index contributed by atoms with van der Waals surface area (Å²) in [7, 11) is 1.30. The monoisotopic (exact) mass is 532 g/mol. The lowest BCUT2D eigenvalue weighted by molar-refractivity contribution is -0.137. The van der Waals surface area contributed by atoms with Gasteiger partial charge in [-0.25, -0.2) is 4.98 Å². The van der Waals surface area contributed by atoms with Crippen LogP contribution in [0.25, 0.3) is 11.0 Å². The van der Waals surface area contributed by atoms with Gasteiger partial charge in [0, 0.05) is 29.9 Å². The molecule has 5 rings (SSSR count). The molecule has 192 valence electrons. The number of alkyl halides is 3. The summed E-state index contributed by atoms with van der Waals surface area (Å²) >= 11 is 6.01. The van der Waals surface area contributed by atoms with Crippen molar-refractivity contribution in [3.63, 3.8) is 0 Å². The van der Waals surface area contributed by atoms with Crippen molar-refractivity contribution in [2.75, 3.05) is 19.0 Å². The number of hydrogen-bond acceptors (Lipinski definition) is 6. The number of furan rings is 1. The van der Waals surface area contributed by atoms with Crippen LogP contribution in [-0.4, -0.2) is 34.2 Å². The van der Waals surface area contributed by atoms with Crippen LogP contribution in [0.15, 0.2) is 57.7 Å². The van der Waals surface area contributed by atoms with E-state index in [4.69, 9.17) is 20.9 Å². The Kier molecular flexibility index (Phi) is 6.32. The number of halogens is 4. The number of hydrogen-bond donors (Lipinski definition) is 1. The summed E-state index contributed by atoms with van der Waals surface area (Å²) < 4.78 is 45.0. The Hall–Kier alpha value is -3.99. The predicted octanol–water partition coefficient (Wildman–Crippen LogP) is 4.53. The topological polar surface area (TPSA) is 89.6 Å². The second kappa shape index (κ2) is 9.47. The van der Waals surface area contributed by atoms with E-state index in [-0.39, 0.29) is 30.7 Å². The Morgan fingerprint density at radius 1 is 1.19 bits per heavy atom. The van der Waals surface area contributed by atoms with Gasteiger partial charge >= 0.3 is 6.18 Å². The van der Waals surface area contributed by atoms with Crippen molar-refractivity contribution >= 4 is 34.4 Å². The number of rotatable bonds is 5. The van der Waals surface area contributed by atoms with Gasteiger partial charge in [0.25, 0.3) is 11.5 Å². The average Bonchev–Trinajstić information content (AvgIpc) is 3.30. The zero-order valence-electron chi connectivity index (χ0n) is 19.4. The van der Waals surface area contributed by atoms with Gasteiger partial charge in [0.2, 0.25) is 5.95 Å². The fourth-order valence-corrected chi connectivity index (χ4v) is 4.36. The minimum Gasteiger partial charge on any atom is -0.451 e. The zero-order chi connectivity index (χ0) is 26.3. The maximum Gasteiger partial charge on any atom is 0.416 e.